The van der Waals surface area contributed by atoms with Crippen molar-refractivity contribution in [2.75, 3.05) is 5.32 Å². The molecule has 0 saturated heterocycles. The summed E-state index contributed by atoms with van der Waals surface area (Å²) in [6.45, 7) is 1.87. The SMILES string of the molecule is CCC(CC(N)=NO)NC(=O)Nc1ccc(F)cc1. The van der Waals surface area contributed by atoms with Crippen LogP contribution in [-0.2, 0) is 0 Å². The highest BCUT2D eigenvalue weighted by Gasteiger charge is 2.12. The van der Waals surface area contributed by atoms with Gasteiger partial charge in [-0.15, -0.1) is 0 Å². The smallest absolute Gasteiger partial charge is 0.319 e. The lowest BCUT2D eigenvalue weighted by Gasteiger charge is -2.16. The van der Waals surface area contributed by atoms with E-state index in [4.69, 9.17) is 10.9 Å². The van der Waals surface area contributed by atoms with Crippen LogP contribution in [0.4, 0.5) is 14.9 Å². The average molecular weight is 268 g/mol. The second kappa shape index (κ2) is 7.20. The summed E-state index contributed by atoms with van der Waals surface area (Å²) in [5, 5.41) is 16.6. The third kappa shape index (κ3) is 5.24. The van der Waals surface area contributed by atoms with Crippen LogP contribution in [-0.4, -0.2) is 23.1 Å². The van der Waals surface area contributed by atoms with E-state index in [1.165, 1.54) is 24.3 Å². The minimum absolute atomic E-state index is 0.0499. The van der Waals surface area contributed by atoms with Gasteiger partial charge in [-0.2, -0.15) is 0 Å². The molecule has 0 radical (unpaired) electrons. The molecule has 1 atom stereocenters. The van der Waals surface area contributed by atoms with Gasteiger partial charge in [0, 0.05) is 18.2 Å². The molecule has 0 aliphatic heterocycles. The van der Waals surface area contributed by atoms with Gasteiger partial charge in [-0.1, -0.05) is 12.1 Å². The number of halogens is 1. The Bertz CT molecular complexity index is 448. The predicted molar refractivity (Wildman–Crippen MR) is 70.7 cm³/mol. The molecular weight excluding hydrogens is 251 g/mol. The summed E-state index contributed by atoms with van der Waals surface area (Å²) in [7, 11) is 0. The van der Waals surface area contributed by atoms with Gasteiger partial charge in [0.25, 0.3) is 0 Å². The van der Waals surface area contributed by atoms with E-state index in [2.05, 4.69) is 15.8 Å². The monoisotopic (exact) mass is 268 g/mol. The number of nitrogens with two attached hydrogens (primary N) is 1. The van der Waals surface area contributed by atoms with E-state index in [0.29, 0.717) is 12.1 Å². The van der Waals surface area contributed by atoms with Crippen molar-refractivity contribution >= 4 is 17.6 Å². The van der Waals surface area contributed by atoms with Crippen molar-refractivity contribution in [1.29, 1.82) is 0 Å². The summed E-state index contributed by atoms with van der Waals surface area (Å²) < 4.78 is 12.7. The summed E-state index contributed by atoms with van der Waals surface area (Å²) >= 11 is 0. The Hall–Kier alpha value is -2.31. The number of amides is 2. The highest BCUT2D eigenvalue weighted by molar-refractivity contribution is 5.90. The van der Waals surface area contributed by atoms with Crippen LogP contribution in [0.5, 0.6) is 0 Å². The van der Waals surface area contributed by atoms with Crippen LogP contribution in [0, 0.1) is 5.82 Å². The summed E-state index contributed by atoms with van der Waals surface area (Å²) in [6, 6.07) is 4.76. The van der Waals surface area contributed by atoms with E-state index in [9.17, 15) is 9.18 Å². The molecule has 0 saturated carbocycles. The fraction of sp³-hybridized carbons (Fsp3) is 0.333. The molecule has 1 rings (SSSR count). The van der Waals surface area contributed by atoms with Crippen LogP contribution in [0.1, 0.15) is 19.8 Å². The van der Waals surface area contributed by atoms with Crippen molar-refractivity contribution < 1.29 is 14.4 Å². The number of hydrogen-bond acceptors (Lipinski definition) is 3. The van der Waals surface area contributed by atoms with Gasteiger partial charge in [-0.05, 0) is 30.7 Å². The minimum atomic E-state index is -0.427. The Morgan fingerprint density at radius 1 is 1.47 bits per heavy atom. The summed E-state index contributed by atoms with van der Waals surface area (Å²) in [5.74, 6) is -0.321. The lowest BCUT2D eigenvalue weighted by Crippen LogP contribution is -2.40. The first kappa shape index (κ1) is 14.7. The Balaban J connectivity index is 2.51. The summed E-state index contributed by atoms with van der Waals surface area (Å²) in [5.41, 5.74) is 5.86. The first-order chi connectivity index (χ1) is 9.05. The molecule has 7 heteroatoms. The van der Waals surface area contributed by atoms with Crippen molar-refractivity contribution in [1.82, 2.24) is 5.32 Å². The van der Waals surface area contributed by atoms with Crippen LogP contribution < -0.4 is 16.4 Å². The van der Waals surface area contributed by atoms with E-state index in [-0.39, 0.29) is 24.1 Å². The number of benzene rings is 1. The maximum atomic E-state index is 12.7. The molecule has 2 amide bonds. The van der Waals surface area contributed by atoms with E-state index in [1.54, 1.807) is 0 Å². The number of oxime groups is 1. The zero-order valence-electron chi connectivity index (χ0n) is 10.6. The van der Waals surface area contributed by atoms with Gasteiger partial charge in [0.15, 0.2) is 0 Å². The molecule has 0 aliphatic rings. The Morgan fingerprint density at radius 3 is 2.63 bits per heavy atom. The third-order valence-corrected chi connectivity index (χ3v) is 2.51. The Kier molecular flexibility index (Phi) is 5.59. The first-order valence-electron chi connectivity index (χ1n) is 5.84. The molecule has 0 aromatic heterocycles. The van der Waals surface area contributed by atoms with Gasteiger partial charge < -0.3 is 21.6 Å². The van der Waals surface area contributed by atoms with E-state index >= 15 is 0 Å². The number of nitrogens with one attached hydrogen (secondary N) is 2. The van der Waals surface area contributed by atoms with Crippen LogP contribution in [0.3, 0.4) is 0 Å². The van der Waals surface area contributed by atoms with Gasteiger partial charge in [0.1, 0.15) is 11.7 Å². The molecule has 0 aliphatic carbocycles. The minimum Gasteiger partial charge on any atom is -0.409 e. The molecule has 1 aromatic rings. The van der Waals surface area contributed by atoms with E-state index in [1.807, 2.05) is 6.92 Å². The average Bonchev–Trinajstić information content (AvgIpc) is 2.40. The van der Waals surface area contributed by atoms with Crippen molar-refractivity contribution in [3.63, 3.8) is 0 Å². The first-order valence-corrected chi connectivity index (χ1v) is 5.84. The van der Waals surface area contributed by atoms with Crippen molar-refractivity contribution in [3.05, 3.63) is 30.1 Å². The molecule has 6 nitrogen and oxygen atoms in total. The van der Waals surface area contributed by atoms with Crippen molar-refractivity contribution in [3.8, 4) is 0 Å². The van der Waals surface area contributed by atoms with Gasteiger partial charge in [0.2, 0.25) is 0 Å². The maximum absolute atomic E-state index is 12.7. The number of urea groups is 1. The normalized spacial score (nSPS) is 12.8. The van der Waals surface area contributed by atoms with Crippen LogP contribution in [0.25, 0.3) is 0 Å². The van der Waals surface area contributed by atoms with Gasteiger partial charge >= 0.3 is 6.03 Å². The number of anilines is 1. The Labute approximate surface area is 110 Å². The molecule has 1 aromatic carbocycles. The number of carbonyl (C=O) groups is 1. The molecule has 5 N–H and O–H groups in total. The number of rotatable bonds is 5. The standard InChI is InChI=1S/C12H17FN4O2/c1-2-9(7-11(14)17-19)15-12(18)16-10-5-3-8(13)4-6-10/h3-6,9,19H,2,7H2,1H3,(H2,14,17)(H2,15,16,18). The van der Waals surface area contributed by atoms with Gasteiger partial charge in [-0.3, -0.25) is 0 Å². The molecular formula is C12H17FN4O2. The molecule has 0 bridgehead atoms. The van der Waals surface area contributed by atoms with Crippen LogP contribution >= 0.6 is 0 Å². The second-order valence-electron chi connectivity index (χ2n) is 4.01. The van der Waals surface area contributed by atoms with Gasteiger partial charge in [-0.25, -0.2) is 9.18 Å². The number of hydrogen-bond donors (Lipinski definition) is 4. The molecule has 19 heavy (non-hydrogen) atoms. The molecule has 1 unspecified atom stereocenters. The molecule has 104 valence electrons. The lowest BCUT2D eigenvalue weighted by atomic mass is 10.1. The number of carbonyl (C=O) groups excluding carboxylic acids is 1. The largest absolute Gasteiger partial charge is 0.409 e. The third-order valence-electron chi connectivity index (χ3n) is 2.51. The van der Waals surface area contributed by atoms with Crippen LogP contribution in [0.15, 0.2) is 29.4 Å². The second-order valence-corrected chi connectivity index (χ2v) is 4.01. The van der Waals surface area contributed by atoms with E-state index < -0.39 is 6.03 Å². The number of amidine groups is 1. The molecule has 0 fully saturated rings. The Morgan fingerprint density at radius 2 is 2.11 bits per heavy atom. The summed E-state index contributed by atoms with van der Waals surface area (Å²) in [4.78, 5) is 11.7. The van der Waals surface area contributed by atoms with Gasteiger partial charge in [0.05, 0.1) is 0 Å². The highest BCUT2D eigenvalue weighted by atomic mass is 19.1. The number of nitrogens with zero attached hydrogens (tertiary/aromatic N) is 1. The fourth-order valence-electron chi connectivity index (χ4n) is 1.48. The molecule has 0 spiro atoms. The fourth-order valence-corrected chi connectivity index (χ4v) is 1.48. The highest BCUT2D eigenvalue weighted by Crippen LogP contribution is 2.08. The quantitative estimate of drug-likeness (QED) is 0.284. The molecule has 0 heterocycles. The lowest BCUT2D eigenvalue weighted by molar-refractivity contribution is 0.248. The van der Waals surface area contributed by atoms with Crippen molar-refractivity contribution in [2.24, 2.45) is 10.9 Å². The zero-order valence-corrected chi connectivity index (χ0v) is 10.6. The van der Waals surface area contributed by atoms with E-state index in [0.717, 1.165) is 0 Å². The summed E-state index contributed by atoms with van der Waals surface area (Å²) in [6.07, 6.45) is 0.886. The predicted octanol–water partition coefficient (Wildman–Crippen LogP) is 1.86. The van der Waals surface area contributed by atoms with Crippen molar-refractivity contribution in [2.45, 2.75) is 25.8 Å². The topological polar surface area (TPSA) is 99.7 Å². The zero-order chi connectivity index (χ0) is 14.3. The van der Waals surface area contributed by atoms with Crippen LogP contribution in [0.2, 0.25) is 0 Å². The maximum Gasteiger partial charge on any atom is 0.319 e.